The number of unbranched alkanes of at least 4 members (excludes halogenated alkanes) is 1. The van der Waals surface area contributed by atoms with E-state index in [9.17, 15) is 9.59 Å². The normalized spacial score (nSPS) is 11.1. The van der Waals surface area contributed by atoms with Crippen LogP contribution in [0.1, 0.15) is 61.0 Å². The summed E-state index contributed by atoms with van der Waals surface area (Å²) in [6.45, 7) is 8.67. The first-order valence-corrected chi connectivity index (χ1v) is 7.59. The van der Waals surface area contributed by atoms with Gasteiger partial charge in [0.15, 0.2) is 5.78 Å². The Bertz CT molecular complexity index is 571. The van der Waals surface area contributed by atoms with Gasteiger partial charge in [0.05, 0.1) is 6.61 Å². The van der Waals surface area contributed by atoms with Crippen molar-refractivity contribution in [1.82, 2.24) is 0 Å². The molecule has 0 radical (unpaired) electrons. The highest BCUT2D eigenvalue weighted by molar-refractivity contribution is 6.08. The molecule has 0 fully saturated rings. The van der Waals surface area contributed by atoms with Crippen LogP contribution in [0.2, 0.25) is 0 Å². The standard InChI is InChI=1S/C18H24O4/c1-5-6-9-22-17-10-13(4)15(11-14(17)12(2)3)16(19)7-8-18(20)21/h7-8,10-12H,5-6,9H2,1-4H3,(H,20,21)/b8-7+. The molecule has 0 aliphatic carbocycles. The Morgan fingerprint density at radius 2 is 1.95 bits per heavy atom. The van der Waals surface area contributed by atoms with E-state index in [0.717, 1.165) is 41.9 Å². The number of hydrogen-bond donors (Lipinski definition) is 1. The second kappa shape index (κ2) is 8.37. The molecule has 0 unspecified atom stereocenters. The van der Waals surface area contributed by atoms with Crippen LogP contribution in [0.5, 0.6) is 5.75 Å². The molecule has 0 spiro atoms. The second-order valence-corrected chi connectivity index (χ2v) is 5.60. The van der Waals surface area contributed by atoms with Crippen molar-refractivity contribution in [2.75, 3.05) is 6.61 Å². The van der Waals surface area contributed by atoms with E-state index in [2.05, 4.69) is 6.92 Å². The van der Waals surface area contributed by atoms with Crippen LogP contribution in [-0.4, -0.2) is 23.5 Å². The fourth-order valence-electron chi connectivity index (χ4n) is 2.10. The Morgan fingerprint density at radius 3 is 2.50 bits per heavy atom. The quantitative estimate of drug-likeness (QED) is 0.446. The summed E-state index contributed by atoms with van der Waals surface area (Å²) in [6.07, 6.45) is 4.00. The number of allylic oxidation sites excluding steroid dienone is 1. The van der Waals surface area contributed by atoms with Crippen LogP contribution < -0.4 is 4.74 Å². The third kappa shape index (κ3) is 5.02. The Hall–Kier alpha value is -2.10. The SMILES string of the molecule is CCCCOc1cc(C)c(C(=O)/C=C/C(=O)O)cc1C(C)C. The maximum Gasteiger partial charge on any atom is 0.328 e. The van der Waals surface area contributed by atoms with Crippen molar-refractivity contribution < 1.29 is 19.4 Å². The molecule has 1 aromatic carbocycles. The van der Waals surface area contributed by atoms with E-state index in [0.29, 0.717) is 12.2 Å². The van der Waals surface area contributed by atoms with E-state index in [1.807, 2.05) is 32.9 Å². The zero-order valence-corrected chi connectivity index (χ0v) is 13.7. The van der Waals surface area contributed by atoms with Crippen molar-refractivity contribution in [3.63, 3.8) is 0 Å². The van der Waals surface area contributed by atoms with Crippen LogP contribution in [0.25, 0.3) is 0 Å². The van der Waals surface area contributed by atoms with Gasteiger partial charge in [0.1, 0.15) is 5.75 Å². The van der Waals surface area contributed by atoms with Gasteiger partial charge in [-0.25, -0.2) is 4.79 Å². The summed E-state index contributed by atoms with van der Waals surface area (Å²) >= 11 is 0. The largest absolute Gasteiger partial charge is 0.493 e. The van der Waals surface area contributed by atoms with Crippen LogP contribution >= 0.6 is 0 Å². The predicted molar refractivity (Wildman–Crippen MR) is 86.8 cm³/mol. The van der Waals surface area contributed by atoms with Crippen molar-refractivity contribution in [1.29, 1.82) is 0 Å². The minimum atomic E-state index is -1.13. The highest BCUT2D eigenvalue weighted by Gasteiger charge is 2.15. The number of carboxylic acids is 1. The van der Waals surface area contributed by atoms with Gasteiger partial charge in [-0.3, -0.25) is 4.79 Å². The van der Waals surface area contributed by atoms with Crippen LogP contribution in [-0.2, 0) is 4.79 Å². The third-order valence-corrected chi connectivity index (χ3v) is 3.38. The summed E-state index contributed by atoms with van der Waals surface area (Å²) < 4.78 is 5.83. The molecule has 0 heterocycles. The average molecular weight is 304 g/mol. The Labute approximate surface area is 131 Å². The molecule has 22 heavy (non-hydrogen) atoms. The lowest BCUT2D eigenvalue weighted by atomic mass is 9.94. The zero-order chi connectivity index (χ0) is 16.7. The van der Waals surface area contributed by atoms with Crippen molar-refractivity contribution in [3.05, 3.63) is 41.0 Å². The van der Waals surface area contributed by atoms with Gasteiger partial charge in [-0.15, -0.1) is 0 Å². The maximum absolute atomic E-state index is 12.1. The highest BCUT2D eigenvalue weighted by atomic mass is 16.5. The number of hydrogen-bond acceptors (Lipinski definition) is 3. The Balaban J connectivity index is 3.13. The molecule has 4 heteroatoms. The van der Waals surface area contributed by atoms with Gasteiger partial charge in [-0.05, 0) is 48.6 Å². The van der Waals surface area contributed by atoms with Gasteiger partial charge >= 0.3 is 5.97 Å². The monoisotopic (exact) mass is 304 g/mol. The fourth-order valence-corrected chi connectivity index (χ4v) is 2.10. The van der Waals surface area contributed by atoms with E-state index in [1.165, 1.54) is 0 Å². The molecule has 0 saturated heterocycles. The number of aliphatic carboxylic acids is 1. The second-order valence-electron chi connectivity index (χ2n) is 5.60. The first kappa shape index (κ1) is 18.0. The Morgan fingerprint density at radius 1 is 1.27 bits per heavy atom. The molecule has 120 valence electrons. The molecule has 0 amide bonds. The van der Waals surface area contributed by atoms with Crippen LogP contribution in [0.4, 0.5) is 0 Å². The number of carboxylic acid groups (broad SMARTS) is 1. The topological polar surface area (TPSA) is 63.6 Å². The van der Waals surface area contributed by atoms with Gasteiger partial charge in [-0.1, -0.05) is 27.2 Å². The van der Waals surface area contributed by atoms with Gasteiger partial charge in [0.25, 0.3) is 0 Å². The number of ether oxygens (including phenoxy) is 1. The van der Waals surface area contributed by atoms with Gasteiger partial charge in [0, 0.05) is 11.6 Å². The first-order chi connectivity index (χ1) is 10.4. The molecule has 1 N–H and O–H groups in total. The van der Waals surface area contributed by atoms with E-state index >= 15 is 0 Å². The average Bonchev–Trinajstić information content (AvgIpc) is 2.44. The van der Waals surface area contributed by atoms with Gasteiger partial charge in [0.2, 0.25) is 0 Å². The van der Waals surface area contributed by atoms with Gasteiger partial charge < -0.3 is 9.84 Å². The molecular weight excluding hydrogens is 280 g/mol. The van der Waals surface area contributed by atoms with E-state index in [-0.39, 0.29) is 11.7 Å². The minimum Gasteiger partial charge on any atom is -0.493 e. The Kier molecular flexibility index (Phi) is 6.83. The fraction of sp³-hybridized carbons (Fsp3) is 0.444. The summed E-state index contributed by atoms with van der Waals surface area (Å²) in [5.41, 5.74) is 2.27. The van der Waals surface area contributed by atoms with Crippen LogP contribution in [0.15, 0.2) is 24.3 Å². The van der Waals surface area contributed by atoms with Crippen LogP contribution in [0.3, 0.4) is 0 Å². The number of ketones is 1. The van der Waals surface area contributed by atoms with E-state index in [4.69, 9.17) is 9.84 Å². The lowest BCUT2D eigenvalue weighted by Gasteiger charge is -2.17. The minimum absolute atomic E-state index is 0.215. The molecule has 0 bridgehead atoms. The summed E-state index contributed by atoms with van der Waals surface area (Å²) in [7, 11) is 0. The number of rotatable bonds is 8. The zero-order valence-electron chi connectivity index (χ0n) is 13.7. The van der Waals surface area contributed by atoms with E-state index < -0.39 is 5.97 Å². The smallest absolute Gasteiger partial charge is 0.328 e. The summed E-state index contributed by atoms with van der Waals surface area (Å²) in [4.78, 5) is 22.7. The number of benzene rings is 1. The molecular formula is C18H24O4. The molecule has 0 aliphatic heterocycles. The van der Waals surface area contributed by atoms with Crippen molar-refractivity contribution in [2.24, 2.45) is 0 Å². The summed E-state index contributed by atoms with van der Waals surface area (Å²) in [5, 5.41) is 8.63. The van der Waals surface area contributed by atoms with Crippen molar-refractivity contribution in [2.45, 2.75) is 46.5 Å². The van der Waals surface area contributed by atoms with Crippen molar-refractivity contribution >= 4 is 11.8 Å². The predicted octanol–water partition coefficient (Wildman–Crippen LogP) is 4.12. The highest BCUT2D eigenvalue weighted by Crippen LogP contribution is 2.30. The molecule has 0 saturated carbocycles. The number of aryl methyl sites for hydroxylation is 1. The maximum atomic E-state index is 12.1. The first-order valence-electron chi connectivity index (χ1n) is 7.59. The lowest BCUT2D eigenvalue weighted by molar-refractivity contribution is -0.131. The van der Waals surface area contributed by atoms with Gasteiger partial charge in [-0.2, -0.15) is 0 Å². The summed E-state index contributed by atoms with van der Waals surface area (Å²) in [6, 6.07) is 3.68. The third-order valence-electron chi connectivity index (χ3n) is 3.38. The molecule has 1 aromatic rings. The summed E-state index contributed by atoms with van der Waals surface area (Å²) in [5.74, 6) is -0.413. The number of carbonyl (C=O) groups excluding carboxylic acids is 1. The number of carbonyl (C=O) groups is 2. The molecule has 0 aromatic heterocycles. The molecule has 1 rings (SSSR count). The molecule has 4 nitrogen and oxygen atoms in total. The van der Waals surface area contributed by atoms with Crippen LogP contribution in [0, 0.1) is 6.92 Å². The lowest BCUT2D eigenvalue weighted by Crippen LogP contribution is -2.06. The van der Waals surface area contributed by atoms with Crippen molar-refractivity contribution in [3.8, 4) is 5.75 Å². The molecule has 0 aliphatic rings. The molecule has 0 atom stereocenters. The van der Waals surface area contributed by atoms with E-state index in [1.54, 1.807) is 0 Å².